The van der Waals surface area contributed by atoms with Gasteiger partial charge in [-0.1, -0.05) is 12.1 Å². The molecule has 0 amide bonds. The van der Waals surface area contributed by atoms with E-state index >= 15 is 0 Å². The lowest BCUT2D eigenvalue weighted by Crippen LogP contribution is -2.23. The molecular formula is C15H14N2O6S. The van der Waals surface area contributed by atoms with E-state index in [4.69, 9.17) is 9.47 Å². The fourth-order valence-corrected chi connectivity index (χ4v) is 3.30. The molecule has 9 heteroatoms. The zero-order valence-corrected chi connectivity index (χ0v) is 13.5. The van der Waals surface area contributed by atoms with E-state index in [9.17, 15) is 18.5 Å². The first kappa shape index (κ1) is 16.2. The van der Waals surface area contributed by atoms with Crippen LogP contribution < -0.4 is 14.2 Å². The van der Waals surface area contributed by atoms with E-state index in [1.807, 2.05) is 0 Å². The summed E-state index contributed by atoms with van der Waals surface area (Å²) in [7, 11) is -3.87. The van der Waals surface area contributed by atoms with Crippen molar-refractivity contribution in [1.82, 2.24) is 4.72 Å². The van der Waals surface area contributed by atoms with Gasteiger partial charge in [-0.05, 0) is 30.7 Å². The Morgan fingerprint density at radius 2 is 1.92 bits per heavy atom. The molecule has 0 bridgehead atoms. The largest absolute Gasteiger partial charge is 0.454 e. The molecular weight excluding hydrogens is 336 g/mol. The number of fused-ring (bicyclic) bond motifs is 1. The van der Waals surface area contributed by atoms with E-state index in [0.717, 1.165) is 6.07 Å². The summed E-state index contributed by atoms with van der Waals surface area (Å²) in [5, 5.41) is 11.0. The van der Waals surface area contributed by atoms with Crippen LogP contribution in [0.3, 0.4) is 0 Å². The maximum Gasteiger partial charge on any atom is 0.273 e. The van der Waals surface area contributed by atoms with E-state index in [0.29, 0.717) is 22.6 Å². The summed E-state index contributed by atoms with van der Waals surface area (Å²) in [5.74, 6) is 1.16. The molecule has 0 spiro atoms. The summed E-state index contributed by atoms with van der Waals surface area (Å²) < 4.78 is 37.5. The lowest BCUT2D eigenvalue weighted by molar-refractivity contribution is -0.385. The predicted molar refractivity (Wildman–Crippen MR) is 84.4 cm³/mol. The molecule has 1 aliphatic rings. The highest BCUT2D eigenvalue weighted by molar-refractivity contribution is 7.89. The Kier molecular flexibility index (Phi) is 4.12. The van der Waals surface area contributed by atoms with E-state index in [-0.39, 0.29) is 23.9 Å². The summed E-state index contributed by atoms with van der Waals surface area (Å²) in [6, 6.07) is 8.90. The topological polar surface area (TPSA) is 108 Å². The van der Waals surface area contributed by atoms with Gasteiger partial charge in [0.15, 0.2) is 11.5 Å². The van der Waals surface area contributed by atoms with Gasteiger partial charge in [-0.25, -0.2) is 13.1 Å². The van der Waals surface area contributed by atoms with Crippen molar-refractivity contribution >= 4 is 15.7 Å². The van der Waals surface area contributed by atoms with E-state index in [1.54, 1.807) is 25.1 Å². The Bertz CT molecular complexity index is 910. The average molecular weight is 350 g/mol. The monoisotopic (exact) mass is 350 g/mol. The van der Waals surface area contributed by atoms with Crippen LogP contribution in [-0.4, -0.2) is 20.1 Å². The first-order chi connectivity index (χ1) is 11.4. The number of nitrogens with one attached hydrogen (secondary N) is 1. The first-order valence-corrected chi connectivity index (χ1v) is 8.48. The normalized spacial score (nSPS) is 13.0. The van der Waals surface area contributed by atoms with Gasteiger partial charge in [0, 0.05) is 18.2 Å². The van der Waals surface area contributed by atoms with Gasteiger partial charge in [-0.15, -0.1) is 0 Å². The van der Waals surface area contributed by atoms with E-state index < -0.39 is 14.9 Å². The highest BCUT2D eigenvalue weighted by Gasteiger charge is 2.20. The van der Waals surface area contributed by atoms with Crippen LogP contribution in [0.4, 0.5) is 5.69 Å². The predicted octanol–water partition coefficient (Wildman–Crippen LogP) is 2.11. The molecule has 1 aliphatic heterocycles. The van der Waals surface area contributed by atoms with Crippen LogP contribution in [0, 0.1) is 17.0 Å². The third kappa shape index (κ3) is 3.17. The van der Waals surface area contributed by atoms with Crippen LogP contribution in [0.2, 0.25) is 0 Å². The molecule has 3 rings (SSSR count). The summed E-state index contributed by atoms with van der Waals surface area (Å²) in [4.78, 5) is 10.2. The van der Waals surface area contributed by atoms with Crippen LogP contribution in [0.15, 0.2) is 41.3 Å². The van der Waals surface area contributed by atoms with Crippen molar-refractivity contribution < 1.29 is 22.8 Å². The summed E-state index contributed by atoms with van der Waals surface area (Å²) in [6.45, 7) is 1.72. The molecule has 0 fully saturated rings. The number of benzene rings is 2. The summed E-state index contributed by atoms with van der Waals surface area (Å²) >= 11 is 0. The standard InChI is InChI=1S/C15H14N2O6S/c1-10-2-4-12(7-13(10)17(18)19)24(20,21)16-8-11-3-5-14-15(6-11)23-9-22-14/h2-7,16H,8-9H2,1H3. The molecule has 0 aromatic heterocycles. The minimum Gasteiger partial charge on any atom is -0.454 e. The Hall–Kier alpha value is -2.65. The molecule has 0 saturated carbocycles. The highest BCUT2D eigenvalue weighted by Crippen LogP contribution is 2.32. The van der Waals surface area contributed by atoms with Crippen LogP contribution in [0.1, 0.15) is 11.1 Å². The van der Waals surface area contributed by atoms with Crippen LogP contribution in [-0.2, 0) is 16.6 Å². The molecule has 0 radical (unpaired) electrons. The summed E-state index contributed by atoms with van der Waals surface area (Å²) in [6.07, 6.45) is 0. The van der Waals surface area contributed by atoms with Gasteiger partial charge in [0.1, 0.15) is 0 Å². The second-order valence-electron chi connectivity index (χ2n) is 5.22. The molecule has 0 saturated heterocycles. The van der Waals surface area contributed by atoms with Gasteiger partial charge in [0.05, 0.1) is 9.82 Å². The molecule has 126 valence electrons. The van der Waals surface area contributed by atoms with E-state index in [2.05, 4.69) is 4.72 Å². The Morgan fingerprint density at radius 3 is 2.67 bits per heavy atom. The van der Waals surface area contributed by atoms with Gasteiger partial charge < -0.3 is 9.47 Å². The second kappa shape index (κ2) is 6.10. The van der Waals surface area contributed by atoms with Gasteiger partial charge in [-0.3, -0.25) is 10.1 Å². The van der Waals surface area contributed by atoms with Crippen LogP contribution in [0.5, 0.6) is 11.5 Å². The van der Waals surface area contributed by atoms with Gasteiger partial charge >= 0.3 is 0 Å². The zero-order chi connectivity index (χ0) is 17.3. The quantitative estimate of drug-likeness (QED) is 0.653. The van der Waals surface area contributed by atoms with Gasteiger partial charge in [0.2, 0.25) is 16.8 Å². The van der Waals surface area contributed by atoms with E-state index in [1.165, 1.54) is 12.1 Å². The number of nitro groups is 1. The number of hydrogen-bond donors (Lipinski definition) is 1. The third-order valence-corrected chi connectivity index (χ3v) is 4.99. The first-order valence-electron chi connectivity index (χ1n) is 7.00. The Balaban J connectivity index is 1.79. The number of nitro benzene ring substituents is 1. The maximum absolute atomic E-state index is 12.3. The smallest absolute Gasteiger partial charge is 0.273 e. The van der Waals surface area contributed by atoms with Crippen molar-refractivity contribution in [3.8, 4) is 11.5 Å². The van der Waals surface area contributed by atoms with Crippen molar-refractivity contribution in [3.63, 3.8) is 0 Å². The molecule has 8 nitrogen and oxygen atoms in total. The molecule has 0 unspecified atom stereocenters. The molecule has 1 N–H and O–H groups in total. The second-order valence-corrected chi connectivity index (χ2v) is 6.98. The number of ether oxygens (including phenoxy) is 2. The number of aryl methyl sites for hydroxylation is 1. The Morgan fingerprint density at radius 1 is 1.17 bits per heavy atom. The van der Waals surface area contributed by atoms with Crippen molar-refractivity contribution in [2.45, 2.75) is 18.4 Å². The maximum atomic E-state index is 12.3. The third-order valence-electron chi connectivity index (χ3n) is 3.59. The molecule has 0 aliphatic carbocycles. The van der Waals surface area contributed by atoms with Gasteiger partial charge in [0.25, 0.3) is 5.69 Å². The minimum absolute atomic E-state index is 0.0284. The molecule has 1 heterocycles. The lowest BCUT2D eigenvalue weighted by Gasteiger charge is -2.08. The van der Waals surface area contributed by atoms with Crippen molar-refractivity contribution in [2.24, 2.45) is 0 Å². The molecule has 2 aromatic carbocycles. The van der Waals surface area contributed by atoms with Gasteiger partial charge in [-0.2, -0.15) is 0 Å². The SMILES string of the molecule is Cc1ccc(S(=O)(=O)NCc2ccc3c(c2)OCO3)cc1[N+](=O)[O-]. The zero-order valence-electron chi connectivity index (χ0n) is 12.7. The number of sulfonamides is 1. The van der Waals surface area contributed by atoms with Crippen molar-refractivity contribution in [3.05, 3.63) is 57.6 Å². The Labute approximate surface area is 138 Å². The lowest BCUT2D eigenvalue weighted by atomic mass is 10.2. The average Bonchev–Trinajstić information content (AvgIpc) is 3.00. The number of rotatable bonds is 5. The van der Waals surface area contributed by atoms with Crippen LogP contribution in [0.25, 0.3) is 0 Å². The minimum atomic E-state index is -3.87. The van der Waals surface area contributed by atoms with Crippen molar-refractivity contribution in [1.29, 1.82) is 0 Å². The van der Waals surface area contributed by atoms with Crippen LogP contribution >= 0.6 is 0 Å². The highest BCUT2D eigenvalue weighted by atomic mass is 32.2. The molecule has 0 atom stereocenters. The summed E-state index contributed by atoms with van der Waals surface area (Å²) in [5.41, 5.74) is 0.847. The molecule has 24 heavy (non-hydrogen) atoms. The fraction of sp³-hybridized carbons (Fsp3) is 0.200. The number of hydrogen-bond acceptors (Lipinski definition) is 6. The number of nitrogens with zero attached hydrogens (tertiary/aromatic N) is 1. The fourth-order valence-electron chi connectivity index (χ4n) is 2.27. The van der Waals surface area contributed by atoms with Crippen molar-refractivity contribution in [2.75, 3.05) is 6.79 Å². The molecule has 2 aromatic rings.